The van der Waals surface area contributed by atoms with Crippen molar-refractivity contribution >= 4 is 7.82 Å². The van der Waals surface area contributed by atoms with Crippen molar-refractivity contribution in [2.75, 3.05) is 0 Å². The van der Waals surface area contributed by atoms with Crippen molar-refractivity contribution in [1.29, 1.82) is 0 Å². The van der Waals surface area contributed by atoms with Crippen LogP contribution in [0, 0.1) is 0 Å². The molecule has 0 aliphatic rings. The Kier molecular flexibility index (Phi) is 5.63. The summed E-state index contributed by atoms with van der Waals surface area (Å²) in [5.74, 6) is 0. The van der Waals surface area contributed by atoms with E-state index in [1.54, 1.807) is 0 Å². The average molecular weight is 311 g/mol. The summed E-state index contributed by atoms with van der Waals surface area (Å²) in [6.45, 7) is 0. The van der Waals surface area contributed by atoms with E-state index in [1.165, 1.54) is 0 Å². The van der Waals surface area contributed by atoms with Crippen LogP contribution in [0.15, 0.2) is 0 Å². The molecule has 0 aromatic heterocycles. The first-order valence-corrected chi connectivity index (χ1v) is 2.45. The summed E-state index contributed by atoms with van der Waals surface area (Å²) in [7, 11) is -4.81. The molecule has 0 aromatic carbocycles. The van der Waals surface area contributed by atoms with E-state index in [0.29, 0.717) is 0 Å². The molecule has 2 N–H and O–H groups in total. The maximum Gasteiger partial charge on any atom is 0.500 e. The van der Waals surface area contributed by atoms with Gasteiger partial charge in [-0.15, -0.1) is 0 Å². The molecule has 0 amide bonds. The third-order valence-electron chi connectivity index (χ3n) is 0.0899. The van der Waals surface area contributed by atoms with E-state index in [2.05, 4.69) is 4.73 Å². The number of hydrogen-bond acceptors (Lipinski definition) is 2. The van der Waals surface area contributed by atoms with Gasteiger partial charge in [-0.3, -0.25) is 0 Å². The Morgan fingerprint density at radius 3 is 1.71 bits per heavy atom. The molecule has 0 aliphatic carbocycles. The monoisotopic (exact) mass is 311 g/mol. The first kappa shape index (κ1) is 10.7. The molecular weight excluding hydrogens is 309 g/mol. The van der Waals surface area contributed by atoms with Crippen LogP contribution >= 0.6 is 7.82 Å². The zero-order valence-electron chi connectivity index (χ0n) is 2.85. The van der Waals surface area contributed by atoms with Gasteiger partial charge >= 0.3 is 7.82 Å². The first-order chi connectivity index (χ1) is 2.56. The van der Waals surface area contributed by atoms with Crippen LogP contribution in [0.2, 0.25) is 0 Å². The van der Waals surface area contributed by atoms with Crippen molar-refractivity contribution in [1.82, 2.24) is 0 Å². The van der Waals surface area contributed by atoms with E-state index < -0.39 is 7.82 Å². The van der Waals surface area contributed by atoms with Gasteiger partial charge in [0.1, 0.15) is 0 Å². The summed E-state index contributed by atoms with van der Waals surface area (Å²) in [4.78, 5) is 14.7. The van der Waals surface area contributed by atoms with Gasteiger partial charge in [-0.1, -0.05) is 4.73 Å². The fourth-order valence-corrected chi connectivity index (χ4v) is 0. The fourth-order valence-electron chi connectivity index (χ4n) is 0. The first-order valence-electron chi connectivity index (χ1n) is 0.919. The number of phosphoric acid groups is 1. The van der Waals surface area contributed by atoms with Gasteiger partial charge in [-0.2, -0.15) is 0 Å². The average Bonchev–Trinajstić information content (AvgIpc) is 1.35. The van der Waals surface area contributed by atoms with Gasteiger partial charge in [-0.25, -0.2) is 4.57 Å². The van der Waals surface area contributed by atoms with Gasteiger partial charge in [0, 0.05) is 21.1 Å². The fraction of sp³-hybridized carbons (Fsp3) is 0. The molecule has 0 atom stereocenters. The van der Waals surface area contributed by atoms with Crippen LogP contribution in [0.25, 0.3) is 0 Å². The van der Waals surface area contributed by atoms with Crippen LogP contribution in [-0.4, -0.2) is 9.79 Å². The molecular formula is H2FO4PPt. The molecule has 0 aliphatic heterocycles. The SMILES string of the molecule is O=P(O)(O)OF.[Pt]. The second-order valence-electron chi connectivity index (χ2n) is 0.560. The van der Waals surface area contributed by atoms with E-state index in [-0.39, 0.29) is 21.1 Å². The summed E-state index contributed by atoms with van der Waals surface area (Å²) in [6.07, 6.45) is 0. The molecule has 7 heavy (non-hydrogen) atoms. The molecule has 0 aromatic rings. The smallest absolute Gasteiger partial charge is 0.301 e. The molecule has 48 valence electrons. The molecule has 7 heteroatoms. The van der Waals surface area contributed by atoms with E-state index in [4.69, 9.17) is 14.4 Å². The van der Waals surface area contributed by atoms with Crippen molar-refractivity contribution in [3.63, 3.8) is 0 Å². The van der Waals surface area contributed by atoms with Crippen LogP contribution in [0.1, 0.15) is 0 Å². The number of hydrogen-bond donors (Lipinski definition) is 2. The predicted octanol–water partition coefficient (Wildman–Crippen LogP) is -0.0223. The summed E-state index contributed by atoms with van der Waals surface area (Å²) in [6, 6.07) is 0. The zero-order valence-corrected chi connectivity index (χ0v) is 6.02. The molecule has 0 fully saturated rings. The van der Waals surface area contributed by atoms with Crippen LogP contribution in [0.5, 0.6) is 0 Å². The van der Waals surface area contributed by atoms with Gasteiger partial charge in [0.2, 0.25) is 0 Å². The summed E-state index contributed by atoms with van der Waals surface area (Å²) in [5, 5.41) is 0. The van der Waals surface area contributed by atoms with Crippen molar-refractivity contribution in [2.24, 2.45) is 0 Å². The van der Waals surface area contributed by atoms with Crippen molar-refractivity contribution in [2.45, 2.75) is 0 Å². The number of rotatable bonds is 1. The summed E-state index contributed by atoms with van der Waals surface area (Å²) >= 11 is 0. The third kappa shape index (κ3) is 10.8. The van der Waals surface area contributed by atoms with Gasteiger partial charge in [0.05, 0.1) is 0 Å². The molecule has 0 spiro atoms. The Balaban J connectivity index is 0. The maximum absolute atomic E-state index is 10.2. The van der Waals surface area contributed by atoms with Crippen molar-refractivity contribution < 1.29 is 44.7 Å². The van der Waals surface area contributed by atoms with Crippen LogP contribution in [0.3, 0.4) is 0 Å². The Morgan fingerprint density at radius 2 is 1.71 bits per heavy atom. The van der Waals surface area contributed by atoms with E-state index in [0.717, 1.165) is 0 Å². The van der Waals surface area contributed by atoms with Crippen LogP contribution in [-0.2, 0) is 30.4 Å². The second-order valence-corrected chi connectivity index (χ2v) is 1.68. The van der Waals surface area contributed by atoms with Gasteiger partial charge in [-0.05, 0) is 4.53 Å². The summed E-state index contributed by atoms with van der Waals surface area (Å²) < 4.78 is 21.4. The Morgan fingerprint density at radius 1 is 1.57 bits per heavy atom. The second kappa shape index (κ2) is 3.70. The van der Waals surface area contributed by atoms with Gasteiger partial charge in [0.15, 0.2) is 0 Å². The standard InChI is InChI=1S/FH2O4P.Pt/c1-5-6(2,3)4;/h(H2,2,3,4);. The molecule has 4 nitrogen and oxygen atoms in total. The minimum absolute atomic E-state index is 0. The molecule has 0 rings (SSSR count). The quantitative estimate of drug-likeness (QED) is 0.668. The van der Waals surface area contributed by atoms with E-state index in [1.807, 2.05) is 0 Å². The molecule has 0 unspecified atom stereocenters. The topological polar surface area (TPSA) is 66.8 Å². The molecule has 0 bridgehead atoms. The Labute approximate surface area is 53.1 Å². The van der Waals surface area contributed by atoms with Crippen molar-refractivity contribution in [3.8, 4) is 0 Å². The van der Waals surface area contributed by atoms with Crippen LogP contribution in [0.4, 0.5) is 4.53 Å². The Hall–Kier alpha value is 0.728. The minimum atomic E-state index is -4.81. The Bertz CT molecular complexity index is 75.8. The normalized spacial score (nSPS) is 10.1. The largest absolute Gasteiger partial charge is 0.500 e. The van der Waals surface area contributed by atoms with Crippen LogP contribution < -0.4 is 0 Å². The van der Waals surface area contributed by atoms with E-state index >= 15 is 0 Å². The van der Waals surface area contributed by atoms with E-state index in [9.17, 15) is 4.53 Å². The number of halogens is 1. The maximum atomic E-state index is 10.2. The molecule has 0 radical (unpaired) electrons. The predicted molar refractivity (Wildman–Crippen MR) is 14.2 cm³/mol. The van der Waals surface area contributed by atoms with Gasteiger partial charge in [0.25, 0.3) is 0 Å². The van der Waals surface area contributed by atoms with Gasteiger partial charge < -0.3 is 9.79 Å². The summed E-state index contributed by atoms with van der Waals surface area (Å²) in [5.41, 5.74) is 0. The molecule has 0 saturated carbocycles. The third-order valence-corrected chi connectivity index (χ3v) is 0.270. The van der Waals surface area contributed by atoms with Crippen molar-refractivity contribution in [3.05, 3.63) is 0 Å². The zero-order chi connectivity index (χ0) is 5.21. The molecule has 0 heterocycles. The molecule has 0 saturated heterocycles. The minimum Gasteiger partial charge on any atom is -0.301 e.